The van der Waals surface area contributed by atoms with E-state index in [1.54, 1.807) is 6.08 Å². The molecule has 0 saturated carbocycles. The molecule has 76 valence electrons. The second-order valence-electron chi connectivity index (χ2n) is 2.45. The van der Waals surface area contributed by atoms with Crippen LogP contribution < -0.4 is 10.6 Å². The fraction of sp³-hybridized carbons (Fsp3) is 0.250. The number of hydrogen-bond acceptors (Lipinski definition) is 5. The maximum Gasteiger partial charge on any atom is 0.207 e. The van der Waals surface area contributed by atoms with Gasteiger partial charge < -0.3 is 10.6 Å². The van der Waals surface area contributed by atoms with Gasteiger partial charge in [0.05, 0.1) is 6.54 Å². The van der Waals surface area contributed by atoms with Gasteiger partial charge in [0.1, 0.15) is 0 Å². The van der Waals surface area contributed by atoms with Crippen LogP contribution >= 0.6 is 22.9 Å². The maximum atomic E-state index is 5.59. The number of aromatic nitrogens is 2. The van der Waals surface area contributed by atoms with Gasteiger partial charge in [-0.15, -0.1) is 16.8 Å². The van der Waals surface area contributed by atoms with Crippen molar-refractivity contribution in [3.63, 3.8) is 0 Å². The van der Waals surface area contributed by atoms with Crippen molar-refractivity contribution in [3.05, 3.63) is 24.3 Å². The van der Waals surface area contributed by atoms with Gasteiger partial charge in [-0.3, -0.25) is 0 Å². The molecule has 0 atom stereocenters. The van der Waals surface area contributed by atoms with Gasteiger partial charge in [-0.2, -0.15) is 0 Å². The lowest BCUT2D eigenvalue weighted by molar-refractivity contribution is 1.07. The van der Waals surface area contributed by atoms with Crippen molar-refractivity contribution in [2.45, 2.75) is 0 Å². The molecule has 0 spiro atoms. The predicted octanol–water partition coefficient (Wildman–Crippen LogP) is 2.30. The zero-order valence-electron chi connectivity index (χ0n) is 7.59. The summed E-state index contributed by atoms with van der Waals surface area (Å²) < 4.78 is 0. The topological polar surface area (TPSA) is 49.8 Å². The third-order valence-corrected chi connectivity index (χ3v) is 2.23. The maximum absolute atomic E-state index is 5.59. The fourth-order valence-corrected chi connectivity index (χ4v) is 1.41. The Morgan fingerprint density at radius 2 is 2.07 bits per heavy atom. The molecular formula is C8H11ClN4S. The van der Waals surface area contributed by atoms with E-state index in [0.29, 0.717) is 18.1 Å². The van der Waals surface area contributed by atoms with Gasteiger partial charge in [0, 0.05) is 11.6 Å². The summed E-state index contributed by atoms with van der Waals surface area (Å²) in [5, 5.41) is 15.9. The Bertz CT molecular complexity index is 323. The van der Waals surface area contributed by atoms with Crippen molar-refractivity contribution in [3.8, 4) is 0 Å². The summed E-state index contributed by atoms with van der Waals surface area (Å²) >= 11 is 7.01. The number of nitrogens with zero attached hydrogens (tertiary/aromatic N) is 2. The molecule has 2 N–H and O–H groups in total. The van der Waals surface area contributed by atoms with Crippen LogP contribution in [0, 0.1) is 0 Å². The number of halogens is 1. The molecular weight excluding hydrogens is 220 g/mol. The average Bonchev–Trinajstić information content (AvgIpc) is 2.59. The van der Waals surface area contributed by atoms with Crippen molar-refractivity contribution >= 4 is 33.2 Å². The average molecular weight is 231 g/mol. The number of nitrogens with one attached hydrogen (secondary N) is 2. The number of rotatable bonds is 6. The minimum absolute atomic E-state index is 0.498. The summed E-state index contributed by atoms with van der Waals surface area (Å²) in [4.78, 5) is 0. The first-order valence-corrected chi connectivity index (χ1v) is 5.17. The quantitative estimate of drug-likeness (QED) is 0.737. The highest BCUT2D eigenvalue weighted by atomic mass is 35.5. The van der Waals surface area contributed by atoms with Crippen LogP contribution in [0.1, 0.15) is 0 Å². The molecule has 0 aromatic carbocycles. The van der Waals surface area contributed by atoms with E-state index in [4.69, 9.17) is 11.6 Å². The zero-order chi connectivity index (χ0) is 10.4. The van der Waals surface area contributed by atoms with E-state index in [-0.39, 0.29) is 0 Å². The van der Waals surface area contributed by atoms with Crippen LogP contribution in [-0.2, 0) is 0 Å². The van der Waals surface area contributed by atoms with E-state index < -0.39 is 0 Å². The fourth-order valence-electron chi connectivity index (χ4n) is 0.697. The Morgan fingerprint density at radius 3 is 2.64 bits per heavy atom. The Labute approximate surface area is 91.7 Å². The standard InChI is InChI=1S/C8H11ClN4S/c1-3-4-10-7-12-13-8(14-7)11-5-6(2)9/h3H,1-2,4-5H2,(H,10,12)(H,11,13). The molecule has 1 heterocycles. The van der Waals surface area contributed by atoms with Crippen LogP contribution in [0.15, 0.2) is 24.3 Å². The number of hydrogen-bond donors (Lipinski definition) is 2. The van der Waals surface area contributed by atoms with E-state index in [1.807, 2.05) is 0 Å². The highest BCUT2D eigenvalue weighted by Gasteiger charge is 2.01. The van der Waals surface area contributed by atoms with Crippen molar-refractivity contribution in [1.29, 1.82) is 0 Å². The van der Waals surface area contributed by atoms with E-state index >= 15 is 0 Å². The van der Waals surface area contributed by atoms with E-state index in [1.165, 1.54) is 11.3 Å². The number of anilines is 2. The second-order valence-corrected chi connectivity index (χ2v) is 3.96. The summed E-state index contributed by atoms with van der Waals surface area (Å²) in [6.45, 7) is 8.32. The van der Waals surface area contributed by atoms with Crippen molar-refractivity contribution in [2.24, 2.45) is 0 Å². The van der Waals surface area contributed by atoms with Crippen LogP contribution in [0.4, 0.5) is 10.3 Å². The van der Waals surface area contributed by atoms with Crippen LogP contribution in [0.25, 0.3) is 0 Å². The van der Waals surface area contributed by atoms with Gasteiger partial charge >= 0.3 is 0 Å². The summed E-state index contributed by atoms with van der Waals surface area (Å²) in [7, 11) is 0. The monoisotopic (exact) mass is 230 g/mol. The molecule has 0 fully saturated rings. The van der Waals surface area contributed by atoms with Gasteiger partial charge in [-0.25, -0.2) is 0 Å². The SMILES string of the molecule is C=CCNc1nnc(NCC(=C)Cl)s1. The Balaban J connectivity index is 2.42. The molecule has 14 heavy (non-hydrogen) atoms. The molecule has 0 aliphatic rings. The van der Waals surface area contributed by atoms with Crippen LogP contribution in [0.2, 0.25) is 0 Å². The van der Waals surface area contributed by atoms with Crippen molar-refractivity contribution in [2.75, 3.05) is 23.7 Å². The molecule has 1 rings (SSSR count). The molecule has 0 amide bonds. The lowest BCUT2D eigenvalue weighted by Gasteiger charge is -1.97. The second kappa shape index (κ2) is 5.62. The third kappa shape index (κ3) is 3.76. The minimum Gasteiger partial charge on any atom is -0.357 e. The van der Waals surface area contributed by atoms with Gasteiger partial charge in [0.2, 0.25) is 10.3 Å². The van der Waals surface area contributed by atoms with E-state index in [0.717, 1.165) is 10.3 Å². The van der Waals surface area contributed by atoms with Crippen LogP contribution in [0.5, 0.6) is 0 Å². The van der Waals surface area contributed by atoms with Gasteiger partial charge in [0.25, 0.3) is 0 Å². The first kappa shape index (κ1) is 11.0. The molecule has 0 radical (unpaired) electrons. The molecule has 0 unspecified atom stereocenters. The molecule has 1 aromatic heterocycles. The third-order valence-electron chi connectivity index (χ3n) is 1.25. The molecule has 0 aliphatic carbocycles. The molecule has 0 saturated heterocycles. The molecule has 6 heteroatoms. The smallest absolute Gasteiger partial charge is 0.207 e. The van der Waals surface area contributed by atoms with Gasteiger partial charge in [-0.1, -0.05) is 35.6 Å². The van der Waals surface area contributed by atoms with Crippen molar-refractivity contribution in [1.82, 2.24) is 10.2 Å². The van der Waals surface area contributed by atoms with Crippen LogP contribution in [-0.4, -0.2) is 23.3 Å². The molecule has 1 aromatic rings. The Hall–Kier alpha value is -1.07. The van der Waals surface area contributed by atoms with Gasteiger partial charge in [0.15, 0.2) is 0 Å². The highest BCUT2D eigenvalue weighted by Crippen LogP contribution is 2.19. The first-order valence-electron chi connectivity index (χ1n) is 3.98. The summed E-state index contributed by atoms with van der Waals surface area (Å²) in [6, 6.07) is 0. The van der Waals surface area contributed by atoms with Gasteiger partial charge in [-0.05, 0) is 0 Å². The molecule has 0 bridgehead atoms. The Kier molecular flexibility index (Phi) is 4.42. The van der Waals surface area contributed by atoms with Crippen molar-refractivity contribution < 1.29 is 0 Å². The summed E-state index contributed by atoms with van der Waals surface area (Å²) in [5.41, 5.74) is 0. The van der Waals surface area contributed by atoms with E-state index in [9.17, 15) is 0 Å². The highest BCUT2D eigenvalue weighted by molar-refractivity contribution is 7.19. The first-order chi connectivity index (χ1) is 6.72. The zero-order valence-corrected chi connectivity index (χ0v) is 9.16. The van der Waals surface area contributed by atoms with Crippen LogP contribution in [0.3, 0.4) is 0 Å². The predicted molar refractivity (Wildman–Crippen MR) is 62.1 cm³/mol. The minimum atomic E-state index is 0.498. The summed E-state index contributed by atoms with van der Waals surface area (Å²) in [6.07, 6.45) is 1.76. The molecule has 4 nitrogen and oxygen atoms in total. The lowest BCUT2D eigenvalue weighted by atomic mass is 10.6. The normalized spacial score (nSPS) is 9.50. The van der Waals surface area contributed by atoms with E-state index in [2.05, 4.69) is 34.0 Å². The lowest BCUT2D eigenvalue weighted by Crippen LogP contribution is -1.99. The molecule has 0 aliphatic heterocycles. The Morgan fingerprint density at radius 1 is 1.43 bits per heavy atom. The largest absolute Gasteiger partial charge is 0.357 e. The summed E-state index contributed by atoms with van der Waals surface area (Å²) in [5.74, 6) is 0.